The van der Waals surface area contributed by atoms with E-state index in [-0.39, 0.29) is 16.9 Å². The monoisotopic (exact) mass is 212 g/mol. The van der Waals surface area contributed by atoms with Gasteiger partial charge in [0, 0.05) is 5.56 Å². The maximum Gasteiger partial charge on any atom is 0.129 e. The van der Waals surface area contributed by atoms with Crippen LogP contribution in [-0.4, -0.2) is 16.5 Å². The summed E-state index contributed by atoms with van der Waals surface area (Å²) < 4.78 is 0. The van der Waals surface area contributed by atoms with E-state index in [0.717, 1.165) is 5.56 Å². The molecule has 1 aromatic rings. The predicted molar refractivity (Wildman–Crippen MR) is 60.3 cm³/mol. The van der Waals surface area contributed by atoms with Crippen molar-refractivity contribution in [3.8, 4) is 11.5 Å². The average molecular weight is 212 g/mol. The van der Waals surface area contributed by atoms with Gasteiger partial charge in [-0.05, 0) is 23.8 Å². The van der Waals surface area contributed by atoms with Gasteiger partial charge in [0.2, 0.25) is 0 Å². The van der Waals surface area contributed by atoms with Crippen molar-refractivity contribution in [2.24, 2.45) is 0 Å². The molecule has 0 fully saturated rings. The summed E-state index contributed by atoms with van der Waals surface area (Å²) in [7, 11) is 0. The quantitative estimate of drug-likeness (QED) is 0.555. The third kappa shape index (κ3) is 2.15. The summed E-state index contributed by atoms with van der Waals surface area (Å²) in [5, 5.41) is 19.4. The lowest BCUT2D eigenvalue weighted by molar-refractivity contribution is 0.427. The van der Waals surface area contributed by atoms with Crippen LogP contribution >= 0.6 is 11.8 Å². The molecule has 0 saturated heterocycles. The lowest BCUT2D eigenvalue weighted by atomic mass is 9.86. The molecule has 0 spiro atoms. The SMILES string of the molecule is CSc1cc(O)c(C(C)(C)C)cc1O. The number of phenolic OH excluding ortho intramolecular Hbond substituents is 2. The number of phenols is 2. The molecule has 1 rings (SSSR count). The summed E-state index contributed by atoms with van der Waals surface area (Å²) in [4.78, 5) is 0.704. The van der Waals surface area contributed by atoms with Crippen LogP contribution in [0.2, 0.25) is 0 Å². The molecule has 0 radical (unpaired) electrons. The van der Waals surface area contributed by atoms with Crippen LogP contribution in [0.25, 0.3) is 0 Å². The second-order valence-electron chi connectivity index (χ2n) is 4.29. The molecule has 2 nitrogen and oxygen atoms in total. The van der Waals surface area contributed by atoms with E-state index in [9.17, 15) is 10.2 Å². The summed E-state index contributed by atoms with van der Waals surface area (Å²) in [5.41, 5.74) is 0.617. The predicted octanol–water partition coefficient (Wildman–Crippen LogP) is 3.12. The first-order chi connectivity index (χ1) is 6.36. The van der Waals surface area contributed by atoms with Gasteiger partial charge in [-0.25, -0.2) is 0 Å². The second kappa shape index (κ2) is 3.73. The fourth-order valence-electron chi connectivity index (χ4n) is 1.32. The summed E-state index contributed by atoms with van der Waals surface area (Å²) in [6.07, 6.45) is 1.87. The topological polar surface area (TPSA) is 40.5 Å². The van der Waals surface area contributed by atoms with Crippen LogP contribution in [0.5, 0.6) is 11.5 Å². The minimum absolute atomic E-state index is 0.154. The Morgan fingerprint density at radius 2 is 1.64 bits per heavy atom. The highest BCUT2D eigenvalue weighted by molar-refractivity contribution is 7.98. The molecule has 1 aromatic carbocycles. The molecular formula is C11H16O2S. The first-order valence-corrected chi connectivity index (χ1v) is 5.69. The van der Waals surface area contributed by atoms with Gasteiger partial charge in [-0.2, -0.15) is 0 Å². The van der Waals surface area contributed by atoms with Crippen molar-refractivity contribution in [1.82, 2.24) is 0 Å². The van der Waals surface area contributed by atoms with E-state index in [4.69, 9.17) is 0 Å². The van der Waals surface area contributed by atoms with Crippen molar-refractivity contribution in [2.45, 2.75) is 31.1 Å². The first kappa shape index (κ1) is 11.2. The number of thioether (sulfide) groups is 1. The van der Waals surface area contributed by atoms with E-state index in [0.29, 0.717) is 4.90 Å². The Hall–Kier alpha value is -0.830. The molecule has 0 bridgehead atoms. The Kier molecular flexibility index (Phi) is 3.00. The number of hydrogen-bond donors (Lipinski definition) is 2. The van der Waals surface area contributed by atoms with Gasteiger partial charge in [-0.15, -0.1) is 11.8 Å². The van der Waals surface area contributed by atoms with Gasteiger partial charge in [-0.3, -0.25) is 0 Å². The maximum atomic E-state index is 9.76. The average Bonchev–Trinajstić information content (AvgIpc) is 2.06. The molecule has 0 unspecified atom stereocenters. The van der Waals surface area contributed by atoms with Gasteiger partial charge < -0.3 is 10.2 Å². The molecule has 0 aliphatic heterocycles. The van der Waals surface area contributed by atoms with Gasteiger partial charge in [-0.1, -0.05) is 20.8 Å². The summed E-state index contributed by atoms with van der Waals surface area (Å²) in [6, 6.07) is 3.25. The third-order valence-electron chi connectivity index (χ3n) is 2.11. The highest BCUT2D eigenvalue weighted by atomic mass is 32.2. The Bertz CT molecular complexity index is 340. The highest BCUT2D eigenvalue weighted by Crippen LogP contribution is 2.38. The molecule has 0 aliphatic carbocycles. The zero-order chi connectivity index (χ0) is 10.9. The lowest BCUT2D eigenvalue weighted by Crippen LogP contribution is -2.11. The Morgan fingerprint density at radius 3 is 2.07 bits per heavy atom. The van der Waals surface area contributed by atoms with Crippen LogP contribution in [0.15, 0.2) is 17.0 Å². The van der Waals surface area contributed by atoms with Crippen molar-refractivity contribution in [3.05, 3.63) is 17.7 Å². The van der Waals surface area contributed by atoms with Crippen LogP contribution in [0, 0.1) is 0 Å². The Morgan fingerprint density at radius 1 is 1.07 bits per heavy atom. The highest BCUT2D eigenvalue weighted by Gasteiger charge is 2.19. The molecule has 0 atom stereocenters. The van der Waals surface area contributed by atoms with Crippen molar-refractivity contribution in [1.29, 1.82) is 0 Å². The largest absolute Gasteiger partial charge is 0.508 e. The Balaban J connectivity index is 3.29. The number of benzene rings is 1. The van der Waals surface area contributed by atoms with E-state index in [1.165, 1.54) is 11.8 Å². The first-order valence-electron chi connectivity index (χ1n) is 4.46. The molecule has 14 heavy (non-hydrogen) atoms. The fraction of sp³-hybridized carbons (Fsp3) is 0.455. The molecular weight excluding hydrogens is 196 g/mol. The van der Waals surface area contributed by atoms with Crippen LogP contribution in [0.4, 0.5) is 0 Å². The zero-order valence-electron chi connectivity index (χ0n) is 8.96. The summed E-state index contributed by atoms with van der Waals surface area (Å²) >= 11 is 1.42. The lowest BCUT2D eigenvalue weighted by Gasteiger charge is -2.21. The fourth-order valence-corrected chi connectivity index (χ4v) is 1.82. The third-order valence-corrected chi connectivity index (χ3v) is 2.87. The normalized spacial score (nSPS) is 11.7. The van der Waals surface area contributed by atoms with E-state index < -0.39 is 0 Å². The summed E-state index contributed by atoms with van der Waals surface area (Å²) in [5.74, 6) is 0.486. The van der Waals surface area contributed by atoms with E-state index in [1.807, 2.05) is 27.0 Å². The van der Waals surface area contributed by atoms with Crippen LogP contribution in [0.3, 0.4) is 0 Å². The molecule has 78 valence electrons. The number of aromatic hydroxyl groups is 2. The Labute approximate surface area is 89.0 Å². The minimum atomic E-state index is -0.154. The van der Waals surface area contributed by atoms with Crippen LogP contribution < -0.4 is 0 Å². The van der Waals surface area contributed by atoms with Crippen LogP contribution in [0.1, 0.15) is 26.3 Å². The minimum Gasteiger partial charge on any atom is -0.508 e. The summed E-state index contributed by atoms with van der Waals surface area (Å²) in [6.45, 7) is 6.00. The molecule has 0 aromatic heterocycles. The molecule has 3 heteroatoms. The smallest absolute Gasteiger partial charge is 0.129 e. The molecule has 0 saturated carbocycles. The van der Waals surface area contributed by atoms with Gasteiger partial charge in [0.1, 0.15) is 11.5 Å². The van der Waals surface area contributed by atoms with E-state index in [2.05, 4.69) is 0 Å². The zero-order valence-corrected chi connectivity index (χ0v) is 9.77. The van der Waals surface area contributed by atoms with Crippen molar-refractivity contribution in [3.63, 3.8) is 0 Å². The van der Waals surface area contributed by atoms with E-state index >= 15 is 0 Å². The molecule has 0 amide bonds. The van der Waals surface area contributed by atoms with E-state index in [1.54, 1.807) is 12.1 Å². The molecule has 0 aliphatic rings. The van der Waals surface area contributed by atoms with Gasteiger partial charge in [0.05, 0.1) is 4.90 Å². The van der Waals surface area contributed by atoms with Crippen molar-refractivity contribution < 1.29 is 10.2 Å². The van der Waals surface area contributed by atoms with Crippen molar-refractivity contribution >= 4 is 11.8 Å². The van der Waals surface area contributed by atoms with Gasteiger partial charge in [0.15, 0.2) is 0 Å². The van der Waals surface area contributed by atoms with Gasteiger partial charge in [0.25, 0.3) is 0 Å². The second-order valence-corrected chi connectivity index (χ2v) is 5.14. The number of rotatable bonds is 1. The molecule has 0 heterocycles. The van der Waals surface area contributed by atoms with Gasteiger partial charge >= 0.3 is 0 Å². The van der Waals surface area contributed by atoms with Crippen LogP contribution in [-0.2, 0) is 5.41 Å². The maximum absolute atomic E-state index is 9.76. The molecule has 2 N–H and O–H groups in total. The standard InChI is InChI=1S/C11H16O2S/c1-11(2,3)7-5-9(13)10(14-4)6-8(7)12/h5-6,12-13H,1-4H3. The number of hydrogen-bond acceptors (Lipinski definition) is 3. The van der Waals surface area contributed by atoms with Crippen molar-refractivity contribution in [2.75, 3.05) is 6.26 Å².